The van der Waals surface area contributed by atoms with E-state index in [1.54, 1.807) is 23.5 Å². The number of aliphatic carboxylic acids is 1. The van der Waals surface area contributed by atoms with E-state index in [0.717, 1.165) is 43.2 Å². The van der Waals surface area contributed by atoms with E-state index in [-0.39, 0.29) is 12.2 Å². The largest absolute Gasteiger partial charge is 0.481 e. The van der Waals surface area contributed by atoms with Gasteiger partial charge in [0.1, 0.15) is 5.82 Å². The van der Waals surface area contributed by atoms with Crippen molar-refractivity contribution in [1.82, 2.24) is 9.80 Å². The van der Waals surface area contributed by atoms with E-state index >= 15 is 0 Å². The molecule has 2 aromatic rings. The summed E-state index contributed by atoms with van der Waals surface area (Å²) >= 11 is 1.70. The van der Waals surface area contributed by atoms with Gasteiger partial charge in [-0.2, -0.15) is 0 Å². The molecule has 0 bridgehead atoms. The van der Waals surface area contributed by atoms with Crippen LogP contribution in [0.4, 0.5) is 4.39 Å². The number of hydrogen-bond acceptors (Lipinski definition) is 4. The fourth-order valence-electron chi connectivity index (χ4n) is 2.90. The van der Waals surface area contributed by atoms with E-state index in [2.05, 4.69) is 21.9 Å². The van der Waals surface area contributed by atoms with E-state index in [1.165, 1.54) is 10.9 Å². The summed E-state index contributed by atoms with van der Waals surface area (Å²) in [5, 5.41) is 8.75. The van der Waals surface area contributed by atoms with Gasteiger partial charge in [0.15, 0.2) is 0 Å². The normalized spacial score (nSPS) is 16.4. The zero-order chi connectivity index (χ0) is 16.9. The quantitative estimate of drug-likeness (QED) is 0.871. The van der Waals surface area contributed by atoms with Gasteiger partial charge in [0.25, 0.3) is 0 Å². The number of halogens is 1. The van der Waals surface area contributed by atoms with E-state index in [9.17, 15) is 9.18 Å². The van der Waals surface area contributed by atoms with E-state index in [1.807, 2.05) is 6.07 Å². The van der Waals surface area contributed by atoms with Crippen molar-refractivity contribution < 1.29 is 14.3 Å². The van der Waals surface area contributed by atoms with Gasteiger partial charge in [0.05, 0.1) is 6.42 Å². The van der Waals surface area contributed by atoms with Gasteiger partial charge >= 0.3 is 5.97 Å². The van der Waals surface area contributed by atoms with Crippen molar-refractivity contribution in [2.75, 3.05) is 32.7 Å². The maximum Gasteiger partial charge on any atom is 0.304 e. The molecule has 0 spiro atoms. The van der Waals surface area contributed by atoms with Crippen molar-refractivity contribution in [1.29, 1.82) is 0 Å². The third kappa shape index (κ3) is 4.63. The lowest BCUT2D eigenvalue weighted by molar-refractivity contribution is -0.137. The summed E-state index contributed by atoms with van der Waals surface area (Å²) in [6.07, 6.45) is 0.210. The van der Waals surface area contributed by atoms with Crippen LogP contribution in [0.2, 0.25) is 0 Å². The number of carboxylic acid groups (broad SMARTS) is 1. The molecule has 128 valence electrons. The molecule has 1 fully saturated rings. The first-order valence-electron chi connectivity index (χ1n) is 8.11. The topological polar surface area (TPSA) is 43.8 Å². The number of benzene rings is 1. The minimum Gasteiger partial charge on any atom is -0.481 e. The lowest BCUT2D eigenvalue weighted by Crippen LogP contribution is -2.46. The van der Waals surface area contributed by atoms with Crippen molar-refractivity contribution >= 4 is 17.3 Å². The number of thiophene rings is 1. The second-order valence-corrected chi connectivity index (χ2v) is 7.21. The Morgan fingerprint density at radius 3 is 2.58 bits per heavy atom. The lowest BCUT2D eigenvalue weighted by atomic mass is 10.2. The lowest BCUT2D eigenvalue weighted by Gasteiger charge is -2.34. The molecule has 1 aliphatic heterocycles. The zero-order valence-corrected chi connectivity index (χ0v) is 14.3. The molecule has 24 heavy (non-hydrogen) atoms. The van der Waals surface area contributed by atoms with Crippen LogP contribution in [0, 0.1) is 5.82 Å². The Morgan fingerprint density at radius 1 is 1.12 bits per heavy atom. The first kappa shape index (κ1) is 17.1. The zero-order valence-electron chi connectivity index (χ0n) is 13.4. The number of carbonyl (C=O) groups is 1. The maximum absolute atomic E-state index is 13.3. The molecule has 6 heteroatoms. The molecule has 0 atom stereocenters. The van der Waals surface area contributed by atoms with Gasteiger partial charge in [-0.3, -0.25) is 9.69 Å². The molecule has 2 heterocycles. The molecular formula is C18H21FN2O2S. The standard InChI is InChI=1S/C18H21FN2O2S/c19-15-3-1-2-14(12-15)17-5-4-16(24-17)13-21-10-8-20(9-11-21)7-6-18(22)23/h1-5,12H,6-11,13H2,(H,22,23). The second-order valence-electron chi connectivity index (χ2n) is 6.04. The first-order valence-corrected chi connectivity index (χ1v) is 8.93. The number of carboxylic acids is 1. The van der Waals surface area contributed by atoms with Crippen LogP contribution in [0.15, 0.2) is 36.4 Å². The summed E-state index contributed by atoms with van der Waals surface area (Å²) in [6.45, 7) is 5.25. The van der Waals surface area contributed by atoms with Crippen molar-refractivity contribution in [2.24, 2.45) is 0 Å². The van der Waals surface area contributed by atoms with Crippen LogP contribution >= 0.6 is 11.3 Å². The van der Waals surface area contributed by atoms with Crippen molar-refractivity contribution in [3.63, 3.8) is 0 Å². The highest BCUT2D eigenvalue weighted by molar-refractivity contribution is 7.15. The summed E-state index contributed by atoms with van der Waals surface area (Å²) in [4.78, 5) is 17.6. The van der Waals surface area contributed by atoms with E-state index < -0.39 is 5.97 Å². The summed E-state index contributed by atoms with van der Waals surface area (Å²) < 4.78 is 13.3. The van der Waals surface area contributed by atoms with Gasteiger partial charge in [-0.15, -0.1) is 11.3 Å². The summed E-state index contributed by atoms with van der Waals surface area (Å²) in [6, 6.07) is 10.9. The molecule has 1 aliphatic rings. The predicted molar refractivity (Wildman–Crippen MR) is 93.7 cm³/mol. The molecule has 4 nitrogen and oxygen atoms in total. The number of rotatable bonds is 6. The molecule has 0 unspecified atom stereocenters. The summed E-state index contributed by atoms with van der Waals surface area (Å²) in [7, 11) is 0. The Balaban J connectivity index is 1.52. The smallest absolute Gasteiger partial charge is 0.304 e. The van der Waals surface area contributed by atoms with Gasteiger partial charge in [-0.25, -0.2) is 4.39 Å². The van der Waals surface area contributed by atoms with Crippen LogP contribution in [0.5, 0.6) is 0 Å². The van der Waals surface area contributed by atoms with Crippen LogP contribution in [0.25, 0.3) is 10.4 Å². The third-order valence-corrected chi connectivity index (χ3v) is 5.38. The van der Waals surface area contributed by atoms with Crippen LogP contribution in [0.3, 0.4) is 0 Å². The summed E-state index contributed by atoms with van der Waals surface area (Å²) in [5.74, 6) is -0.944. The Hall–Kier alpha value is -1.76. The molecule has 1 saturated heterocycles. The molecule has 1 aromatic carbocycles. The SMILES string of the molecule is O=C(O)CCN1CCN(Cc2ccc(-c3cccc(F)c3)s2)CC1. The molecule has 3 rings (SSSR count). The Kier molecular flexibility index (Phi) is 5.60. The Morgan fingerprint density at radius 2 is 1.88 bits per heavy atom. The molecule has 0 saturated carbocycles. The van der Waals surface area contributed by atoms with Crippen LogP contribution < -0.4 is 0 Å². The van der Waals surface area contributed by atoms with Gasteiger partial charge in [-0.05, 0) is 29.8 Å². The van der Waals surface area contributed by atoms with Gasteiger partial charge in [-0.1, -0.05) is 12.1 Å². The first-order chi connectivity index (χ1) is 11.6. The van der Waals surface area contributed by atoms with Crippen LogP contribution in [-0.4, -0.2) is 53.6 Å². The predicted octanol–water partition coefficient (Wildman–Crippen LogP) is 3.15. The highest BCUT2D eigenvalue weighted by Crippen LogP contribution is 2.29. The van der Waals surface area contributed by atoms with E-state index in [4.69, 9.17) is 5.11 Å². The molecular weight excluding hydrogens is 327 g/mol. The fourth-order valence-corrected chi connectivity index (χ4v) is 3.95. The average Bonchev–Trinajstić information content (AvgIpc) is 3.03. The van der Waals surface area contributed by atoms with Crippen LogP contribution in [-0.2, 0) is 11.3 Å². The van der Waals surface area contributed by atoms with Crippen molar-refractivity contribution in [3.8, 4) is 10.4 Å². The highest BCUT2D eigenvalue weighted by Gasteiger charge is 2.18. The second kappa shape index (κ2) is 7.88. The third-order valence-electron chi connectivity index (χ3n) is 4.26. The monoisotopic (exact) mass is 348 g/mol. The van der Waals surface area contributed by atoms with Gasteiger partial charge in [0, 0.05) is 49.0 Å². The molecule has 0 aliphatic carbocycles. The fraction of sp³-hybridized carbons (Fsp3) is 0.389. The number of piperazine rings is 1. The molecule has 1 N–H and O–H groups in total. The van der Waals surface area contributed by atoms with E-state index in [0.29, 0.717) is 6.54 Å². The highest BCUT2D eigenvalue weighted by atomic mass is 32.1. The number of hydrogen-bond donors (Lipinski definition) is 1. The maximum atomic E-state index is 13.3. The molecule has 1 aromatic heterocycles. The van der Waals surface area contributed by atoms with Gasteiger partial charge < -0.3 is 10.0 Å². The summed E-state index contributed by atoms with van der Waals surface area (Å²) in [5.41, 5.74) is 0.921. The van der Waals surface area contributed by atoms with Crippen molar-refractivity contribution in [3.05, 3.63) is 47.1 Å². The molecule has 0 radical (unpaired) electrons. The van der Waals surface area contributed by atoms with Crippen LogP contribution in [0.1, 0.15) is 11.3 Å². The van der Waals surface area contributed by atoms with Crippen molar-refractivity contribution in [2.45, 2.75) is 13.0 Å². The Labute approximate surface area is 145 Å². The minimum absolute atomic E-state index is 0.208. The average molecular weight is 348 g/mol. The minimum atomic E-state index is -0.735. The van der Waals surface area contributed by atoms with Gasteiger partial charge in [0.2, 0.25) is 0 Å². The molecule has 0 amide bonds. The number of nitrogens with zero attached hydrogens (tertiary/aromatic N) is 2. The Bertz CT molecular complexity index is 696.